The molecule has 0 aliphatic carbocycles. The van der Waals surface area contributed by atoms with E-state index in [0.29, 0.717) is 45.2 Å². The molecule has 0 aliphatic rings. The van der Waals surface area contributed by atoms with Crippen LogP contribution in [0.5, 0.6) is 0 Å². The van der Waals surface area contributed by atoms with Gasteiger partial charge >= 0.3 is 5.97 Å². The number of carboxylic acid groups (broad SMARTS) is 1. The van der Waals surface area contributed by atoms with E-state index in [1.54, 1.807) is 6.92 Å². The Morgan fingerprint density at radius 2 is 1.39 bits per heavy atom. The fraction of sp³-hybridized carbons (Fsp3) is 0.810. The van der Waals surface area contributed by atoms with Gasteiger partial charge in [-0.3, -0.25) is 14.4 Å². The molecule has 0 heterocycles. The maximum Gasteiger partial charge on any atom is 0.326 e. The molecule has 0 saturated carbocycles. The molecule has 33 heavy (non-hydrogen) atoms. The Labute approximate surface area is 201 Å². The quantitative estimate of drug-likeness (QED) is 0.0890. The molecule has 12 heteroatoms. The molecule has 11 nitrogen and oxygen atoms in total. The van der Waals surface area contributed by atoms with Crippen LogP contribution < -0.4 is 33.2 Å². The first-order valence-electron chi connectivity index (χ1n) is 11.5. The lowest BCUT2D eigenvalue weighted by Gasteiger charge is -2.27. The molecule has 10 N–H and O–H groups in total. The summed E-state index contributed by atoms with van der Waals surface area (Å²) in [4.78, 5) is 49.5. The van der Waals surface area contributed by atoms with Crippen molar-refractivity contribution in [1.29, 1.82) is 0 Å². The summed E-state index contributed by atoms with van der Waals surface area (Å²) in [5.74, 6) is -3.12. The molecule has 3 amide bonds. The maximum atomic E-state index is 12.9. The Balaban J connectivity index is 5.16. The zero-order valence-electron chi connectivity index (χ0n) is 19.7. The predicted molar refractivity (Wildman–Crippen MR) is 131 cm³/mol. The largest absolute Gasteiger partial charge is 0.480 e. The molecule has 0 radical (unpaired) electrons. The van der Waals surface area contributed by atoms with E-state index in [4.69, 9.17) is 17.2 Å². The van der Waals surface area contributed by atoms with Gasteiger partial charge < -0.3 is 38.3 Å². The number of rotatable bonds is 18. The third-order valence-electron chi connectivity index (χ3n) is 5.48. The molecule has 0 fully saturated rings. The first kappa shape index (κ1) is 31.1. The molecule has 0 bridgehead atoms. The average Bonchev–Trinajstić information content (AvgIpc) is 2.79. The zero-order chi connectivity index (χ0) is 25.4. The monoisotopic (exact) mass is 490 g/mol. The van der Waals surface area contributed by atoms with Gasteiger partial charge in [0.15, 0.2) is 0 Å². The van der Waals surface area contributed by atoms with Gasteiger partial charge in [0, 0.05) is 5.75 Å². The molecule has 0 aromatic heterocycles. The van der Waals surface area contributed by atoms with Crippen molar-refractivity contribution in [3.63, 3.8) is 0 Å². The van der Waals surface area contributed by atoms with Crippen LogP contribution in [0.2, 0.25) is 0 Å². The van der Waals surface area contributed by atoms with Crippen LogP contribution in [0.4, 0.5) is 0 Å². The van der Waals surface area contributed by atoms with E-state index in [1.165, 1.54) is 0 Å². The van der Waals surface area contributed by atoms with Gasteiger partial charge in [-0.1, -0.05) is 26.7 Å². The smallest absolute Gasteiger partial charge is 0.326 e. The number of nitrogens with one attached hydrogen (secondary N) is 3. The molecule has 5 unspecified atom stereocenters. The number of carboxylic acids is 1. The number of carbonyl (C=O) groups excluding carboxylic acids is 3. The SMILES string of the molecule is CCC(C)C(NC(=O)C(N)CCCCN)C(=O)NC(CS)C(=O)NC(CCCCN)C(=O)O. The van der Waals surface area contributed by atoms with Gasteiger partial charge in [0.25, 0.3) is 0 Å². The van der Waals surface area contributed by atoms with E-state index in [0.717, 1.165) is 6.42 Å². The van der Waals surface area contributed by atoms with Crippen LogP contribution in [0, 0.1) is 5.92 Å². The summed E-state index contributed by atoms with van der Waals surface area (Å²) < 4.78 is 0. The summed E-state index contributed by atoms with van der Waals surface area (Å²) >= 11 is 4.13. The average molecular weight is 491 g/mol. The molecule has 5 atom stereocenters. The standard InChI is InChI=1S/C21H42N6O5S/c1-3-13(2)17(27-18(28)14(24)8-4-6-10-22)20(30)26-16(12-33)19(29)25-15(21(31)32)9-5-7-11-23/h13-17,33H,3-12,22-24H2,1-2H3,(H,25,29)(H,26,30)(H,27,28)(H,31,32). The maximum absolute atomic E-state index is 12.9. The number of hydrogen-bond donors (Lipinski definition) is 8. The van der Waals surface area contributed by atoms with E-state index in [9.17, 15) is 24.3 Å². The summed E-state index contributed by atoms with van der Waals surface area (Å²) in [6, 6.07) is -3.85. The minimum absolute atomic E-state index is 0.0491. The highest BCUT2D eigenvalue weighted by molar-refractivity contribution is 7.80. The van der Waals surface area contributed by atoms with Crippen molar-refractivity contribution in [3.05, 3.63) is 0 Å². The second kappa shape index (κ2) is 17.6. The van der Waals surface area contributed by atoms with Crippen LogP contribution in [0.15, 0.2) is 0 Å². The van der Waals surface area contributed by atoms with Crippen molar-refractivity contribution < 1.29 is 24.3 Å². The van der Waals surface area contributed by atoms with Gasteiger partial charge in [-0.15, -0.1) is 0 Å². The Kier molecular flexibility index (Phi) is 16.6. The molecule has 192 valence electrons. The molecule has 0 aromatic rings. The van der Waals surface area contributed by atoms with Gasteiger partial charge in [-0.05, 0) is 51.1 Å². The summed E-state index contributed by atoms with van der Waals surface area (Å²) in [5, 5.41) is 17.1. The van der Waals surface area contributed by atoms with Crippen LogP contribution in [0.3, 0.4) is 0 Å². The van der Waals surface area contributed by atoms with Crippen LogP contribution in [-0.2, 0) is 19.2 Å². The topological polar surface area (TPSA) is 203 Å². The molecule has 0 aliphatic heterocycles. The lowest BCUT2D eigenvalue weighted by atomic mass is 9.97. The third-order valence-corrected chi connectivity index (χ3v) is 5.84. The molecular weight excluding hydrogens is 448 g/mol. The summed E-state index contributed by atoms with van der Waals surface area (Å²) in [7, 11) is 0. The predicted octanol–water partition coefficient (Wildman–Crippen LogP) is -0.913. The van der Waals surface area contributed by atoms with Crippen LogP contribution >= 0.6 is 12.6 Å². The Bertz CT molecular complexity index is 624. The Hall–Kier alpha value is -1.89. The van der Waals surface area contributed by atoms with Gasteiger partial charge in [0.2, 0.25) is 17.7 Å². The first-order chi connectivity index (χ1) is 15.6. The molecular formula is C21H42N6O5S. The van der Waals surface area contributed by atoms with Crippen molar-refractivity contribution in [2.24, 2.45) is 23.1 Å². The van der Waals surface area contributed by atoms with E-state index in [2.05, 4.69) is 28.6 Å². The lowest BCUT2D eigenvalue weighted by molar-refractivity contribution is -0.142. The number of aliphatic carboxylic acids is 1. The number of nitrogens with two attached hydrogens (primary N) is 3. The highest BCUT2D eigenvalue weighted by Gasteiger charge is 2.31. The van der Waals surface area contributed by atoms with Crippen molar-refractivity contribution in [2.75, 3.05) is 18.8 Å². The zero-order valence-corrected chi connectivity index (χ0v) is 20.6. The van der Waals surface area contributed by atoms with Crippen molar-refractivity contribution >= 4 is 36.3 Å². The summed E-state index contributed by atoms with van der Waals surface area (Å²) in [6.45, 7) is 4.61. The number of amides is 3. The van der Waals surface area contributed by atoms with Gasteiger partial charge in [-0.2, -0.15) is 12.6 Å². The minimum atomic E-state index is -1.17. The Morgan fingerprint density at radius 3 is 1.88 bits per heavy atom. The Morgan fingerprint density at radius 1 is 0.848 bits per heavy atom. The number of thiol groups is 1. The number of carbonyl (C=O) groups is 4. The van der Waals surface area contributed by atoms with E-state index in [1.807, 2.05) is 6.92 Å². The normalized spacial score (nSPS) is 15.6. The summed E-state index contributed by atoms with van der Waals surface area (Å²) in [6.07, 6.45) is 3.89. The van der Waals surface area contributed by atoms with Crippen molar-refractivity contribution in [2.45, 2.75) is 83.0 Å². The molecule has 0 spiro atoms. The molecule has 0 aromatic carbocycles. The summed E-state index contributed by atoms with van der Waals surface area (Å²) in [5.41, 5.74) is 16.8. The van der Waals surface area contributed by atoms with Gasteiger partial charge in [0.05, 0.1) is 6.04 Å². The first-order valence-corrected chi connectivity index (χ1v) is 12.2. The number of unbranched alkanes of at least 4 members (excludes halogenated alkanes) is 2. The minimum Gasteiger partial charge on any atom is -0.480 e. The molecule has 0 rings (SSSR count). The third kappa shape index (κ3) is 12.2. The van der Waals surface area contributed by atoms with Crippen LogP contribution in [0.25, 0.3) is 0 Å². The molecule has 0 saturated heterocycles. The van der Waals surface area contributed by atoms with Crippen LogP contribution in [0.1, 0.15) is 58.8 Å². The highest BCUT2D eigenvalue weighted by atomic mass is 32.1. The second-order valence-corrected chi connectivity index (χ2v) is 8.56. The fourth-order valence-electron chi connectivity index (χ4n) is 3.08. The fourth-order valence-corrected chi connectivity index (χ4v) is 3.34. The van der Waals surface area contributed by atoms with Gasteiger partial charge in [-0.25, -0.2) is 4.79 Å². The van der Waals surface area contributed by atoms with Gasteiger partial charge in [0.1, 0.15) is 18.1 Å². The van der Waals surface area contributed by atoms with Crippen molar-refractivity contribution in [3.8, 4) is 0 Å². The lowest BCUT2D eigenvalue weighted by Crippen LogP contribution is -2.59. The van der Waals surface area contributed by atoms with E-state index >= 15 is 0 Å². The van der Waals surface area contributed by atoms with Crippen molar-refractivity contribution in [1.82, 2.24) is 16.0 Å². The van der Waals surface area contributed by atoms with Crippen LogP contribution in [-0.4, -0.2) is 71.8 Å². The highest BCUT2D eigenvalue weighted by Crippen LogP contribution is 2.10. The van der Waals surface area contributed by atoms with E-state index in [-0.39, 0.29) is 18.1 Å². The van der Waals surface area contributed by atoms with E-state index < -0.39 is 47.9 Å². The second-order valence-electron chi connectivity index (χ2n) is 8.19. The number of hydrogen-bond acceptors (Lipinski definition) is 8.